The third-order valence-electron chi connectivity index (χ3n) is 2.10. The Morgan fingerprint density at radius 1 is 1.40 bits per heavy atom. The molecule has 1 N–H and O–H groups in total. The van der Waals surface area contributed by atoms with Gasteiger partial charge in [-0.25, -0.2) is 4.79 Å². The molecule has 0 bridgehead atoms. The van der Waals surface area contributed by atoms with Gasteiger partial charge in [0, 0.05) is 11.7 Å². The zero-order valence-corrected chi connectivity index (χ0v) is 9.63. The first kappa shape index (κ1) is 11.6. The number of hydrogen-bond donors (Lipinski definition) is 1. The highest BCUT2D eigenvalue weighted by atomic mass is 16.5. The van der Waals surface area contributed by atoms with E-state index in [1.165, 1.54) is 7.11 Å². The average molecular weight is 207 g/mol. The summed E-state index contributed by atoms with van der Waals surface area (Å²) in [5, 5.41) is 3.28. The van der Waals surface area contributed by atoms with E-state index in [9.17, 15) is 4.79 Å². The molecule has 0 saturated heterocycles. The predicted molar refractivity (Wildman–Crippen MR) is 61.3 cm³/mol. The fraction of sp³-hybridized carbons (Fsp3) is 0.417. The molecule has 0 atom stereocenters. The summed E-state index contributed by atoms with van der Waals surface area (Å²) in [5.41, 5.74) is 2.68. The molecule has 0 amide bonds. The normalized spacial score (nSPS) is 10.2. The standard InChI is InChI=1S/C12H17NO2/c1-8(2)13-11-7-10(12(14)15-4)6-5-9(11)3/h5-8,13H,1-4H3. The van der Waals surface area contributed by atoms with Gasteiger partial charge in [0.25, 0.3) is 0 Å². The van der Waals surface area contributed by atoms with Crippen molar-refractivity contribution in [2.45, 2.75) is 26.8 Å². The third kappa shape index (κ3) is 2.98. The molecular weight excluding hydrogens is 190 g/mol. The van der Waals surface area contributed by atoms with E-state index in [1.54, 1.807) is 6.07 Å². The van der Waals surface area contributed by atoms with Gasteiger partial charge in [-0.15, -0.1) is 0 Å². The van der Waals surface area contributed by atoms with Crippen molar-refractivity contribution >= 4 is 11.7 Å². The number of anilines is 1. The number of esters is 1. The Kier molecular flexibility index (Phi) is 3.72. The number of hydrogen-bond acceptors (Lipinski definition) is 3. The lowest BCUT2D eigenvalue weighted by molar-refractivity contribution is 0.0601. The monoisotopic (exact) mass is 207 g/mol. The lowest BCUT2D eigenvalue weighted by atomic mass is 10.1. The number of carbonyl (C=O) groups is 1. The third-order valence-corrected chi connectivity index (χ3v) is 2.10. The van der Waals surface area contributed by atoms with E-state index in [0.717, 1.165) is 11.3 Å². The second kappa shape index (κ2) is 4.82. The van der Waals surface area contributed by atoms with Crippen LogP contribution in [0.3, 0.4) is 0 Å². The van der Waals surface area contributed by atoms with Gasteiger partial charge < -0.3 is 10.1 Å². The van der Waals surface area contributed by atoms with Gasteiger partial charge in [0.15, 0.2) is 0 Å². The summed E-state index contributed by atoms with van der Waals surface area (Å²) in [7, 11) is 1.39. The van der Waals surface area contributed by atoms with Gasteiger partial charge >= 0.3 is 5.97 Å². The molecule has 0 spiro atoms. The molecule has 0 aliphatic rings. The number of aryl methyl sites for hydroxylation is 1. The van der Waals surface area contributed by atoms with Crippen molar-refractivity contribution in [1.29, 1.82) is 0 Å². The zero-order valence-electron chi connectivity index (χ0n) is 9.63. The summed E-state index contributed by atoms with van der Waals surface area (Å²) in [6, 6.07) is 5.85. The maximum atomic E-state index is 11.3. The quantitative estimate of drug-likeness (QED) is 0.774. The first-order chi connectivity index (χ1) is 7.04. The molecule has 0 unspecified atom stereocenters. The molecule has 15 heavy (non-hydrogen) atoms. The van der Waals surface area contributed by atoms with E-state index >= 15 is 0 Å². The number of benzene rings is 1. The van der Waals surface area contributed by atoms with Crippen LogP contribution >= 0.6 is 0 Å². The Balaban J connectivity index is 2.99. The summed E-state index contributed by atoms with van der Waals surface area (Å²) in [6.45, 7) is 6.13. The SMILES string of the molecule is COC(=O)c1ccc(C)c(NC(C)C)c1. The first-order valence-electron chi connectivity index (χ1n) is 5.00. The van der Waals surface area contributed by atoms with Crippen LogP contribution in [0.4, 0.5) is 5.69 Å². The Morgan fingerprint density at radius 2 is 2.07 bits per heavy atom. The van der Waals surface area contributed by atoms with E-state index in [-0.39, 0.29) is 5.97 Å². The Morgan fingerprint density at radius 3 is 2.60 bits per heavy atom. The summed E-state index contributed by atoms with van der Waals surface area (Å²) in [6.07, 6.45) is 0. The number of carbonyl (C=O) groups excluding carboxylic acids is 1. The maximum Gasteiger partial charge on any atom is 0.337 e. The van der Waals surface area contributed by atoms with Crippen molar-refractivity contribution in [3.63, 3.8) is 0 Å². The van der Waals surface area contributed by atoms with Gasteiger partial charge in [0.1, 0.15) is 0 Å². The molecule has 1 aromatic carbocycles. The molecule has 0 heterocycles. The smallest absolute Gasteiger partial charge is 0.337 e. The van der Waals surface area contributed by atoms with Crippen LogP contribution < -0.4 is 5.32 Å². The van der Waals surface area contributed by atoms with E-state index in [1.807, 2.05) is 19.1 Å². The van der Waals surface area contributed by atoms with E-state index in [2.05, 4.69) is 23.9 Å². The second-order valence-corrected chi connectivity index (χ2v) is 3.82. The summed E-state index contributed by atoms with van der Waals surface area (Å²) in [4.78, 5) is 11.3. The fourth-order valence-corrected chi connectivity index (χ4v) is 1.33. The second-order valence-electron chi connectivity index (χ2n) is 3.82. The van der Waals surface area contributed by atoms with Gasteiger partial charge in [0.2, 0.25) is 0 Å². The van der Waals surface area contributed by atoms with Gasteiger partial charge in [-0.1, -0.05) is 6.07 Å². The van der Waals surface area contributed by atoms with Gasteiger partial charge in [0.05, 0.1) is 12.7 Å². The maximum absolute atomic E-state index is 11.3. The predicted octanol–water partition coefficient (Wildman–Crippen LogP) is 2.60. The molecule has 3 heteroatoms. The highest BCUT2D eigenvalue weighted by molar-refractivity contribution is 5.90. The molecule has 0 saturated carbocycles. The molecule has 0 aliphatic carbocycles. The average Bonchev–Trinajstić information content (AvgIpc) is 2.19. The summed E-state index contributed by atoms with van der Waals surface area (Å²) in [5.74, 6) is -0.304. The first-order valence-corrected chi connectivity index (χ1v) is 5.00. The van der Waals surface area contributed by atoms with Gasteiger partial charge in [-0.05, 0) is 38.5 Å². The fourth-order valence-electron chi connectivity index (χ4n) is 1.33. The van der Waals surface area contributed by atoms with E-state index in [0.29, 0.717) is 11.6 Å². The summed E-state index contributed by atoms with van der Waals surface area (Å²) < 4.78 is 4.67. The van der Waals surface area contributed by atoms with Crippen molar-refractivity contribution in [2.75, 3.05) is 12.4 Å². The van der Waals surface area contributed by atoms with Crippen LogP contribution in [0, 0.1) is 6.92 Å². The number of ether oxygens (including phenoxy) is 1. The summed E-state index contributed by atoms with van der Waals surface area (Å²) >= 11 is 0. The van der Waals surface area contributed by atoms with Crippen LogP contribution in [-0.4, -0.2) is 19.1 Å². The molecular formula is C12H17NO2. The molecule has 3 nitrogen and oxygen atoms in total. The number of rotatable bonds is 3. The molecule has 0 fully saturated rings. The topological polar surface area (TPSA) is 38.3 Å². The Labute approximate surface area is 90.4 Å². The molecule has 0 aromatic heterocycles. The Bertz CT molecular complexity index is 359. The van der Waals surface area contributed by atoms with Gasteiger partial charge in [-0.2, -0.15) is 0 Å². The van der Waals surface area contributed by atoms with Crippen LogP contribution in [0.25, 0.3) is 0 Å². The minimum Gasteiger partial charge on any atom is -0.465 e. The minimum atomic E-state index is -0.304. The number of methoxy groups -OCH3 is 1. The largest absolute Gasteiger partial charge is 0.465 e. The number of nitrogens with one attached hydrogen (secondary N) is 1. The van der Waals surface area contributed by atoms with E-state index < -0.39 is 0 Å². The molecule has 82 valence electrons. The van der Waals surface area contributed by atoms with Crippen molar-refractivity contribution in [3.8, 4) is 0 Å². The van der Waals surface area contributed by atoms with Crippen LogP contribution in [0.2, 0.25) is 0 Å². The molecule has 0 aliphatic heterocycles. The zero-order chi connectivity index (χ0) is 11.4. The van der Waals surface area contributed by atoms with Crippen LogP contribution in [0.5, 0.6) is 0 Å². The van der Waals surface area contributed by atoms with Crippen LogP contribution in [0.1, 0.15) is 29.8 Å². The lowest BCUT2D eigenvalue weighted by Crippen LogP contribution is -2.12. The van der Waals surface area contributed by atoms with Gasteiger partial charge in [-0.3, -0.25) is 0 Å². The van der Waals surface area contributed by atoms with Crippen molar-refractivity contribution in [2.24, 2.45) is 0 Å². The lowest BCUT2D eigenvalue weighted by Gasteiger charge is -2.13. The van der Waals surface area contributed by atoms with Crippen molar-refractivity contribution in [3.05, 3.63) is 29.3 Å². The molecule has 1 aromatic rings. The van der Waals surface area contributed by atoms with Crippen LogP contribution in [0.15, 0.2) is 18.2 Å². The molecule has 1 rings (SSSR count). The van der Waals surface area contributed by atoms with E-state index in [4.69, 9.17) is 0 Å². The highest BCUT2D eigenvalue weighted by Gasteiger charge is 2.08. The van der Waals surface area contributed by atoms with Crippen LogP contribution in [-0.2, 0) is 4.74 Å². The molecule has 0 radical (unpaired) electrons. The highest BCUT2D eigenvalue weighted by Crippen LogP contribution is 2.18. The van der Waals surface area contributed by atoms with Crippen molar-refractivity contribution < 1.29 is 9.53 Å². The minimum absolute atomic E-state index is 0.304. The van der Waals surface area contributed by atoms with Crippen molar-refractivity contribution in [1.82, 2.24) is 0 Å². The Hall–Kier alpha value is -1.51.